The van der Waals surface area contributed by atoms with Crippen molar-refractivity contribution in [1.82, 2.24) is 4.57 Å². The van der Waals surface area contributed by atoms with E-state index < -0.39 is 0 Å². The highest BCUT2D eigenvalue weighted by Crippen LogP contribution is 2.69. The molecule has 0 atom stereocenters. The van der Waals surface area contributed by atoms with Crippen molar-refractivity contribution in [3.63, 3.8) is 0 Å². The second-order valence-electron chi connectivity index (χ2n) is 15.3. The van der Waals surface area contributed by atoms with Crippen molar-refractivity contribution in [1.29, 1.82) is 0 Å². The van der Waals surface area contributed by atoms with Gasteiger partial charge in [-0.3, -0.25) is 0 Å². The lowest BCUT2D eigenvalue weighted by Gasteiger charge is -2.61. The summed E-state index contributed by atoms with van der Waals surface area (Å²) in [7, 11) is 0. The third-order valence-corrected chi connectivity index (χ3v) is 14.3. The predicted molar refractivity (Wildman–Crippen MR) is 202 cm³/mol. The zero-order valence-corrected chi connectivity index (χ0v) is 27.6. The van der Waals surface area contributed by atoms with Crippen LogP contribution in [0.3, 0.4) is 0 Å². The Hall–Kier alpha value is -4.66. The normalized spacial score (nSPS) is 25.2. The van der Waals surface area contributed by atoms with Crippen LogP contribution in [0.25, 0.3) is 69.9 Å². The van der Waals surface area contributed by atoms with Crippen LogP contribution in [0, 0.1) is 23.7 Å². The molecule has 0 amide bonds. The number of benzene rings is 6. The molecule has 5 aliphatic rings. The zero-order chi connectivity index (χ0) is 31.1. The van der Waals surface area contributed by atoms with E-state index in [9.17, 15) is 0 Å². The van der Waals surface area contributed by atoms with Gasteiger partial charge in [0.1, 0.15) is 0 Å². The molecule has 2 heteroatoms. The maximum absolute atomic E-state index is 2.56. The lowest BCUT2D eigenvalue weighted by Crippen LogP contribution is -2.55. The van der Waals surface area contributed by atoms with Gasteiger partial charge in [-0.25, -0.2) is 0 Å². The summed E-state index contributed by atoms with van der Waals surface area (Å²) in [6.07, 6.45) is 7.18. The van der Waals surface area contributed by atoms with Crippen LogP contribution in [0.5, 0.6) is 0 Å². The molecule has 0 radical (unpaired) electrons. The molecule has 48 heavy (non-hydrogen) atoms. The Morgan fingerprint density at radius 1 is 0.500 bits per heavy atom. The van der Waals surface area contributed by atoms with Crippen LogP contribution in [0.15, 0.2) is 127 Å². The Kier molecular flexibility index (Phi) is 5.08. The van der Waals surface area contributed by atoms with E-state index in [-0.39, 0.29) is 5.41 Å². The first-order valence-corrected chi connectivity index (χ1v) is 18.8. The molecule has 6 aromatic carbocycles. The number of hydrogen-bond acceptors (Lipinski definition) is 1. The lowest BCUT2D eigenvalue weighted by atomic mass is 9.43. The molecule has 2 aromatic heterocycles. The summed E-state index contributed by atoms with van der Waals surface area (Å²) in [5, 5.41) is 5.36. The molecule has 4 bridgehead atoms. The molecule has 8 aromatic rings. The van der Waals surface area contributed by atoms with E-state index in [2.05, 4.69) is 132 Å². The van der Waals surface area contributed by atoms with Crippen molar-refractivity contribution >= 4 is 53.3 Å². The number of hydrogen-bond donors (Lipinski definition) is 0. The van der Waals surface area contributed by atoms with Gasteiger partial charge in [-0.1, -0.05) is 91.0 Å². The van der Waals surface area contributed by atoms with Crippen molar-refractivity contribution in [3.05, 3.63) is 139 Å². The molecule has 1 nitrogen and oxygen atoms in total. The Balaban J connectivity index is 1.08. The highest BCUT2D eigenvalue weighted by atomic mass is 32.1. The third-order valence-electron chi connectivity index (χ3n) is 13.2. The minimum absolute atomic E-state index is 0.205. The molecule has 4 fully saturated rings. The summed E-state index contributed by atoms with van der Waals surface area (Å²) in [4.78, 5) is 0. The highest BCUT2D eigenvalue weighted by molar-refractivity contribution is 7.25. The number of rotatable bonds is 2. The van der Waals surface area contributed by atoms with E-state index in [1.54, 1.807) is 11.1 Å². The van der Waals surface area contributed by atoms with Crippen LogP contribution in [0.4, 0.5) is 0 Å². The Morgan fingerprint density at radius 2 is 1.19 bits per heavy atom. The third kappa shape index (κ3) is 3.23. The topological polar surface area (TPSA) is 4.93 Å². The van der Waals surface area contributed by atoms with Crippen LogP contribution >= 0.6 is 11.3 Å². The molecular formula is C46H35NS. The zero-order valence-electron chi connectivity index (χ0n) is 26.8. The molecule has 0 unspecified atom stereocenters. The van der Waals surface area contributed by atoms with E-state index in [0.29, 0.717) is 0 Å². The van der Waals surface area contributed by atoms with Crippen molar-refractivity contribution in [2.24, 2.45) is 23.7 Å². The molecule has 5 aliphatic carbocycles. The fraction of sp³-hybridized carbons (Fsp3) is 0.217. The first-order chi connectivity index (χ1) is 23.8. The molecule has 13 rings (SSSR count). The standard InChI is InChI=1S/C46H35NS/c1-4-12-39-34(8-1)38-26-32(17-19-40(38)46(39)30-21-27-20-28(23-30)24-31(46)22-27)47-41-13-5-2-10-37(41)45-33(11-7-14-42(45)47)29-16-18-36-35-9-3-6-15-43(35)48-44(36)25-29/h1-19,25-28,30-31H,20-24H2. The van der Waals surface area contributed by atoms with E-state index in [1.165, 1.54) is 102 Å². The van der Waals surface area contributed by atoms with Gasteiger partial charge in [-0.15, -0.1) is 11.3 Å². The van der Waals surface area contributed by atoms with Gasteiger partial charge in [0, 0.05) is 42.0 Å². The summed E-state index contributed by atoms with van der Waals surface area (Å²) in [5.41, 5.74) is 12.8. The summed E-state index contributed by atoms with van der Waals surface area (Å²) in [6.45, 7) is 0. The first kappa shape index (κ1) is 26.3. The molecule has 0 saturated heterocycles. The number of thiophene rings is 1. The lowest BCUT2D eigenvalue weighted by molar-refractivity contribution is -0.0399. The largest absolute Gasteiger partial charge is 0.309 e. The van der Waals surface area contributed by atoms with Crippen LogP contribution in [-0.4, -0.2) is 4.57 Å². The van der Waals surface area contributed by atoms with Crippen LogP contribution in [-0.2, 0) is 5.41 Å². The number of aromatic nitrogens is 1. The SMILES string of the molecule is c1ccc2c(c1)-c1cc(-n3c4ccccc4c4c(-c5ccc6c(c5)sc5ccccc56)cccc43)ccc1C21C2CC3CC(C2)CC1C3. The van der Waals surface area contributed by atoms with Gasteiger partial charge in [0.25, 0.3) is 0 Å². The minimum atomic E-state index is 0.205. The average molecular weight is 634 g/mol. The molecule has 4 saturated carbocycles. The number of nitrogens with zero attached hydrogens (tertiary/aromatic N) is 1. The Bertz CT molecular complexity index is 2620. The van der Waals surface area contributed by atoms with Gasteiger partial charge in [-0.05, 0) is 126 Å². The maximum Gasteiger partial charge on any atom is 0.0547 e. The Morgan fingerprint density at radius 3 is 2.06 bits per heavy atom. The maximum atomic E-state index is 2.56. The highest BCUT2D eigenvalue weighted by Gasteiger charge is 2.61. The van der Waals surface area contributed by atoms with E-state index in [1.807, 2.05) is 11.3 Å². The molecule has 0 aliphatic heterocycles. The van der Waals surface area contributed by atoms with Gasteiger partial charge in [-0.2, -0.15) is 0 Å². The van der Waals surface area contributed by atoms with Crippen LogP contribution in [0.2, 0.25) is 0 Å². The quantitative estimate of drug-likeness (QED) is 0.178. The van der Waals surface area contributed by atoms with Crippen molar-refractivity contribution in [2.45, 2.75) is 37.5 Å². The van der Waals surface area contributed by atoms with E-state index in [0.717, 1.165) is 23.7 Å². The number of para-hydroxylation sites is 1. The smallest absolute Gasteiger partial charge is 0.0547 e. The van der Waals surface area contributed by atoms with Gasteiger partial charge in [0.05, 0.1) is 11.0 Å². The van der Waals surface area contributed by atoms with Crippen LogP contribution < -0.4 is 0 Å². The van der Waals surface area contributed by atoms with Gasteiger partial charge < -0.3 is 4.57 Å². The van der Waals surface area contributed by atoms with Crippen molar-refractivity contribution < 1.29 is 0 Å². The molecule has 230 valence electrons. The monoisotopic (exact) mass is 633 g/mol. The van der Waals surface area contributed by atoms with Crippen molar-refractivity contribution in [2.75, 3.05) is 0 Å². The summed E-state index contributed by atoms with van der Waals surface area (Å²) in [6, 6.07) is 48.9. The summed E-state index contributed by atoms with van der Waals surface area (Å²) < 4.78 is 5.25. The van der Waals surface area contributed by atoms with Crippen molar-refractivity contribution in [3.8, 4) is 27.9 Å². The fourth-order valence-electron chi connectivity index (χ4n) is 11.7. The van der Waals surface area contributed by atoms with Gasteiger partial charge in [0.15, 0.2) is 0 Å². The second kappa shape index (κ2) is 9.27. The molecule has 1 spiro atoms. The van der Waals surface area contributed by atoms with Gasteiger partial charge in [0.2, 0.25) is 0 Å². The molecular weight excluding hydrogens is 599 g/mol. The minimum Gasteiger partial charge on any atom is -0.309 e. The predicted octanol–water partition coefficient (Wildman–Crippen LogP) is 12.5. The molecule has 0 N–H and O–H groups in total. The van der Waals surface area contributed by atoms with E-state index >= 15 is 0 Å². The van der Waals surface area contributed by atoms with Crippen LogP contribution in [0.1, 0.15) is 43.2 Å². The molecule has 2 heterocycles. The van der Waals surface area contributed by atoms with E-state index in [4.69, 9.17) is 0 Å². The second-order valence-corrected chi connectivity index (χ2v) is 16.4. The Labute approximate surface area is 284 Å². The summed E-state index contributed by atoms with van der Waals surface area (Å²) in [5.74, 6) is 3.49. The van der Waals surface area contributed by atoms with Gasteiger partial charge >= 0.3 is 0 Å². The first-order valence-electron chi connectivity index (χ1n) is 17.9. The number of fused-ring (bicyclic) bond motifs is 9. The fourth-order valence-corrected chi connectivity index (χ4v) is 12.9. The average Bonchev–Trinajstić information content (AvgIpc) is 3.76. The summed E-state index contributed by atoms with van der Waals surface area (Å²) >= 11 is 1.90.